The van der Waals surface area contributed by atoms with Gasteiger partial charge < -0.3 is 4.57 Å². The van der Waals surface area contributed by atoms with Crippen molar-refractivity contribution in [3.63, 3.8) is 0 Å². The lowest BCUT2D eigenvalue weighted by Gasteiger charge is -2.13. The van der Waals surface area contributed by atoms with E-state index in [-0.39, 0.29) is 11.8 Å². The van der Waals surface area contributed by atoms with E-state index in [0.717, 1.165) is 36.1 Å². The maximum Gasteiger partial charge on any atom is 0.261 e. The van der Waals surface area contributed by atoms with Crippen LogP contribution < -0.4 is 0 Å². The molecule has 1 saturated carbocycles. The Morgan fingerprint density at radius 1 is 0.871 bits per heavy atom. The molecule has 1 aromatic heterocycles. The molecule has 3 aromatic rings. The number of carbonyl (C=O) groups is 2. The van der Waals surface area contributed by atoms with Gasteiger partial charge in [0, 0.05) is 18.2 Å². The van der Waals surface area contributed by atoms with E-state index in [1.54, 1.807) is 36.0 Å². The summed E-state index contributed by atoms with van der Waals surface area (Å²) in [6.07, 6.45) is 4.06. The van der Waals surface area contributed by atoms with Gasteiger partial charge in [-0.25, -0.2) is 0 Å². The highest BCUT2D eigenvalue weighted by Crippen LogP contribution is 2.40. The Bertz CT molecular complexity index is 1070. The van der Waals surface area contributed by atoms with Crippen LogP contribution in [0.3, 0.4) is 0 Å². The molecule has 0 atom stereocenters. The van der Waals surface area contributed by atoms with Crippen molar-refractivity contribution in [1.82, 2.24) is 19.7 Å². The highest BCUT2D eigenvalue weighted by Gasteiger charge is 2.34. The monoisotopic (exact) mass is 432 g/mol. The van der Waals surface area contributed by atoms with Gasteiger partial charge in [0.15, 0.2) is 5.16 Å². The first kappa shape index (κ1) is 20.0. The van der Waals surface area contributed by atoms with E-state index in [0.29, 0.717) is 23.6 Å². The Hall–Kier alpha value is -2.93. The molecule has 7 heteroatoms. The normalized spacial score (nSPS) is 15.5. The molecule has 158 valence electrons. The number of benzene rings is 2. The molecular weight excluding hydrogens is 408 g/mol. The van der Waals surface area contributed by atoms with Gasteiger partial charge in [0.25, 0.3) is 11.8 Å². The number of hydrogen-bond acceptors (Lipinski definition) is 5. The predicted octanol–water partition coefficient (Wildman–Crippen LogP) is 4.37. The molecule has 5 rings (SSSR count). The number of aromatic nitrogens is 3. The first-order chi connectivity index (χ1) is 15.2. The van der Waals surface area contributed by atoms with E-state index >= 15 is 0 Å². The third-order valence-corrected chi connectivity index (χ3v) is 6.81. The van der Waals surface area contributed by atoms with E-state index < -0.39 is 0 Å². The molecular formula is C24H24N4O2S. The molecule has 1 fully saturated rings. The van der Waals surface area contributed by atoms with Gasteiger partial charge >= 0.3 is 0 Å². The molecule has 0 spiro atoms. The Morgan fingerprint density at radius 2 is 1.55 bits per heavy atom. The number of unbranched alkanes of at least 4 members (excludes halogenated alkanes) is 1. The number of hydrogen-bond donors (Lipinski definition) is 0. The summed E-state index contributed by atoms with van der Waals surface area (Å²) in [6, 6.07) is 17.5. The summed E-state index contributed by atoms with van der Waals surface area (Å²) in [5, 5.41) is 9.88. The minimum Gasteiger partial charge on any atom is -0.301 e. The number of rotatable bonds is 9. The molecule has 2 aliphatic rings. The van der Waals surface area contributed by atoms with Crippen molar-refractivity contribution in [3.05, 3.63) is 77.1 Å². The second kappa shape index (κ2) is 8.67. The van der Waals surface area contributed by atoms with Crippen LogP contribution in [0, 0.1) is 0 Å². The maximum atomic E-state index is 12.5. The Kier molecular flexibility index (Phi) is 5.59. The van der Waals surface area contributed by atoms with Crippen LogP contribution in [-0.2, 0) is 6.54 Å². The topological polar surface area (TPSA) is 68.1 Å². The van der Waals surface area contributed by atoms with Crippen LogP contribution in [0.15, 0.2) is 59.8 Å². The average molecular weight is 433 g/mol. The van der Waals surface area contributed by atoms with Crippen LogP contribution in [0.4, 0.5) is 0 Å². The van der Waals surface area contributed by atoms with Crippen molar-refractivity contribution >= 4 is 23.6 Å². The molecule has 31 heavy (non-hydrogen) atoms. The zero-order valence-electron chi connectivity index (χ0n) is 17.2. The number of fused-ring (bicyclic) bond motifs is 1. The number of carbonyl (C=O) groups excluding carboxylic acids is 2. The Morgan fingerprint density at radius 3 is 2.23 bits per heavy atom. The first-order valence-corrected chi connectivity index (χ1v) is 11.8. The lowest BCUT2D eigenvalue weighted by atomic mass is 10.1. The van der Waals surface area contributed by atoms with Crippen LogP contribution in [0.1, 0.15) is 63.7 Å². The molecule has 0 bridgehead atoms. The van der Waals surface area contributed by atoms with Gasteiger partial charge in [0.1, 0.15) is 5.82 Å². The summed E-state index contributed by atoms with van der Waals surface area (Å²) in [5.41, 5.74) is 2.28. The molecule has 0 unspecified atom stereocenters. The van der Waals surface area contributed by atoms with Gasteiger partial charge in [0.05, 0.1) is 17.7 Å². The summed E-state index contributed by atoms with van der Waals surface area (Å²) in [6.45, 7) is 1.24. The second-order valence-electron chi connectivity index (χ2n) is 8.05. The average Bonchev–Trinajstić information content (AvgIpc) is 3.53. The van der Waals surface area contributed by atoms with Crippen molar-refractivity contribution in [3.8, 4) is 0 Å². The smallest absolute Gasteiger partial charge is 0.261 e. The van der Waals surface area contributed by atoms with E-state index in [2.05, 4.69) is 39.0 Å². The summed E-state index contributed by atoms with van der Waals surface area (Å²) < 4.78 is 2.25. The van der Waals surface area contributed by atoms with Crippen LogP contribution >= 0.6 is 11.8 Å². The molecule has 2 aromatic carbocycles. The molecule has 0 N–H and O–H groups in total. The van der Waals surface area contributed by atoms with Crippen LogP contribution in [0.25, 0.3) is 0 Å². The van der Waals surface area contributed by atoms with Crippen molar-refractivity contribution in [1.29, 1.82) is 0 Å². The first-order valence-electron chi connectivity index (χ1n) is 10.8. The van der Waals surface area contributed by atoms with Crippen molar-refractivity contribution < 1.29 is 9.59 Å². The quantitative estimate of drug-likeness (QED) is 0.285. The predicted molar refractivity (Wildman–Crippen MR) is 119 cm³/mol. The third kappa shape index (κ3) is 4.14. The van der Waals surface area contributed by atoms with Gasteiger partial charge in [-0.15, -0.1) is 10.2 Å². The summed E-state index contributed by atoms with van der Waals surface area (Å²) in [5.74, 6) is 2.16. The zero-order valence-corrected chi connectivity index (χ0v) is 18.1. The SMILES string of the molecule is O=C1c2ccccc2C(=O)N1CCCCSc1nnc(C2CC2)n1Cc1ccccc1. The van der Waals surface area contributed by atoms with Crippen LogP contribution in [-0.4, -0.2) is 43.8 Å². The second-order valence-corrected chi connectivity index (χ2v) is 9.11. The Balaban J connectivity index is 1.16. The van der Waals surface area contributed by atoms with Gasteiger partial charge in [-0.3, -0.25) is 14.5 Å². The summed E-state index contributed by atoms with van der Waals surface area (Å²) in [4.78, 5) is 26.3. The highest BCUT2D eigenvalue weighted by molar-refractivity contribution is 7.99. The van der Waals surface area contributed by atoms with Gasteiger partial charge in [-0.2, -0.15) is 0 Å². The molecule has 1 aliphatic heterocycles. The van der Waals surface area contributed by atoms with E-state index in [1.165, 1.54) is 23.3 Å². The number of nitrogens with zero attached hydrogens (tertiary/aromatic N) is 4. The van der Waals surface area contributed by atoms with E-state index in [9.17, 15) is 9.59 Å². The number of thioether (sulfide) groups is 1. The standard InChI is InChI=1S/C24H24N4O2S/c29-22-19-10-4-5-11-20(19)23(30)27(22)14-6-7-15-31-24-26-25-21(18-12-13-18)28(24)16-17-8-2-1-3-9-17/h1-5,8-11,18H,6-7,12-16H2. The lowest BCUT2D eigenvalue weighted by Crippen LogP contribution is -2.30. The van der Waals surface area contributed by atoms with Gasteiger partial charge in [0.2, 0.25) is 0 Å². The van der Waals surface area contributed by atoms with Crippen molar-refractivity contribution in [2.45, 2.75) is 43.3 Å². The fourth-order valence-corrected chi connectivity index (χ4v) is 4.89. The summed E-state index contributed by atoms with van der Waals surface area (Å²) >= 11 is 1.70. The fraction of sp³-hybridized carbons (Fsp3) is 0.333. The minimum atomic E-state index is -0.176. The summed E-state index contributed by atoms with van der Waals surface area (Å²) in [7, 11) is 0. The largest absolute Gasteiger partial charge is 0.301 e. The van der Waals surface area contributed by atoms with Crippen molar-refractivity contribution in [2.24, 2.45) is 0 Å². The zero-order chi connectivity index (χ0) is 21.2. The van der Waals surface area contributed by atoms with Gasteiger partial charge in [-0.1, -0.05) is 54.2 Å². The molecule has 0 saturated heterocycles. The Labute approximate surface area is 185 Å². The van der Waals surface area contributed by atoms with Gasteiger partial charge in [-0.05, 0) is 43.4 Å². The third-order valence-electron chi connectivity index (χ3n) is 5.76. The maximum absolute atomic E-state index is 12.5. The van der Waals surface area contributed by atoms with Crippen LogP contribution in [0.5, 0.6) is 0 Å². The number of amides is 2. The molecule has 1 aliphatic carbocycles. The van der Waals surface area contributed by atoms with E-state index in [1.807, 2.05) is 6.07 Å². The highest BCUT2D eigenvalue weighted by atomic mass is 32.2. The van der Waals surface area contributed by atoms with E-state index in [4.69, 9.17) is 0 Å². The minimum absolute atomic E-state index is 0.176. The molecule has 2 heterocycles. The fourth-order valence-electron chi connectivity index (χ4n) is 3.94. The molecule has 2 amide bonds. The lowest BCUT2D eigenvalue weighted by molar-refractivity contribution is 0.0652. The van der Waals surface area contributed by atoms with Crippen LogP contribution in [0.2, 0.25) is 0 Å². The molecule has 0 radical (unpaired) electrons. The van der Waals surface area contributed by atoms with Crippen molar-refractivity contribution in [2.75, 3.05) is 12.3 Å². The number of imide groups is 1. The molecule has 6 nitrogen and oxygen atoms in total.